The van der Waals surface area contributed by atoms with Gasteiger partial charge in [-0.2, -0.15) is 13.2 Å². The quantitative estimate of drug-likeness (QED) is 0.671. The third kappa shape index (κ3) is 1.43. The van der Waals surface area contributed by atoms with Crippen LogP contribution in [0.25, 0.3) is 10.1 Å². The topological polar surface area (TPSA) is 26.0 Å². The number of hydrogen-bond donors (Lipinski definition) is 1. The van der Waals surface area contributed by atoms with Gasteiger partial charge in [-0.05, 0) is 18.2 Å². The molecule has 0 saturated heterocycles. The molecule has 2 rings (SSSR count). The van der Waals surface area contributed by atoms with Gasteiger partial charge in [0, 0.05) is 15.8 Å². The number of nitrogens with two attached hydrogens (primary N) is 1. The molecule has 0 aliphatic carbocycles. The Kier molecular flexibility index (Phi) is 1.92. The molecule has 74 valence electrons. The largest absolute Gasteiger partial charge is 0.425 e. The number of hydrogen-bond acceptors (Lipinski definition) is 2. The fourth-order valence-corrected chi connectivity index (χ4v) is 2.19. The van der Waals surface area contributed by atoms with Gasteiger partial charge in [0.2, 0.25) is 0 Å². The predicted octanol–water partition coefficient (Wildman–Crippen LogP) is 3.50. The van der Waals surface area contributed by atoms with Crippen molar-refractivity contribution in [2.45, 2.75) is 6.18 Å². The molecule has 5 heteroatoms. The normalized spacial score (nSPS) is 12.2. The molecule has 1 heterocycles. The zero-order valence-electron chi connectivity index (χ0n) is 6.93. The van der Waals surface area contributed by atoms with Crippen molar-refractivity contribution in [3.63, 3.8) is 0 Å². The molecule has 0 atom stereocenters. The van der Waals surface area contributed by atoms with Crippen molar-refractivity contribution in [3.05, 3.63) is 29.1 Å². The second-order valence-electron chi connectivity index (χ2n) is 2.87. The van der Waals surface area contributed by atoms with Gasteiger partial charge < -0.3 is 5.73 Å². The maximum absolute atomic E-state index is 12.3. The van der Waals surface area contributed by atoms with Gasteiger partial charge in [-0.1, -0.05) is 6.07 Å². The number of benzene rings is 1. The summed E-state index contributed by atoms with van der Waals surface area (Å²) in [5.41, 5.74) is 5.94. The van der Waals surface area contributed by atoms with E-state index in [-0.39, 0.29) is 0 Å². The van der Waals surface area contributed by atoms with Crippen LogP contribution in [0.1, 0.15) is 4.88 Å². The van der Waals surface area contributed by atoms with Crippen molar-refractivity contribution in [2.75, 3.05) is 5.73 Å². The Morgan fingerprint density at radius 2 is 1.93 bits per heavy atom. The van der Waals surface area contributed by atoms with Crippen molar-refractivity contribution in [2.24, 2.45) is 0 Å². The lowest BCUT2D eigenvalue weighted by Gasteiger charge is -1.99. The molecule has 0 saturated carbocycles. The van der Waals surface area contributed by atoms with E-state index in [0.717, 1.165) is 6.07 Å². The molecule has 1 nitrogen and oxygen atoms in total. The van der Waals surface area contributed by atoms with E-state index in [0.29, 0.717) is 27.1 Å². The van der Waals surface area contributed by atoms with Crippen molar-refractivity contribution in [3.8, 4) is 0 Å². The fourth-order valence-electron chi connectivity index (χ4n) is 1.22. The van der Waals surface area contributed by atoms with Gasteiger partial charge >= 0.3 is 6.18 Å². The zero-order valence-corrected chi connectivity index (χ0v) is 7.75. The smallest absolute Gasteiger partial charge is 0.398 e. The molecule has 14 heavy (non-hydrogen) atoms. The number of rotatable bonds is 0. The number of alkyl halides is 3. The van der Waals surface area contributed by atoms with E-state index in [4.69, 9.17) is 5.73 Å². The Bertz CT molecular complexity index is 472. The van der Waals surface area contributed by atoms with Crippen LogP contribution in [0.2, 0.25) is 0 Å². The summed E-state index contributed by atoms with van der Waals surface area (Å²) in [5, 5.41) is 0.477. The van der Waals surface area contributed by atoms with E-state index in [2.05, 4.69) is 0 Å². The minimum atomic E-state index is -4.28. The van der Waals surface area contributed by atoms with Gasteiger partial charge in [0.15, 0.2) is 0 Å². The molecule has 1 aromatic heterocycles. The molecule has 0 fully saturated rings. The first kappa shape index (κ1) is 9.33. The summed E-state index contributed by atoms with van der Waals surface area (Å²) < 4.78 is 37.5. The molecular weight excluding hydrogens is 211 g/mol. The molecule has 0 unspecified atom stereocenters. The Morgan fingerprint density at radius 1 is 1.21 bits per heavy atom. The lowest BCUT2D eigenvalue weighted by atomic mass is 10.2. The van der Waals surface area contributed by atoms with E-state index in [9.17, 15) is 13.2 Å². The third-order valence-electron chi connectivity index (χ3n) is 1.87. The number of nitrogen functional groups attached to an aromatic ring is 1. The second-order valence-corrected chi connectivity index (χ2v) is 3.95. The Hall–Kier alpha value is -1.23. The first-order chi connectivity index (χ1) is 6.48. The zero-order chi connectivity index (χ0) is 10.3. The molecule has 0 aliphatic rings. The minimum Gasteiger partial charge on any atom is -0.398 e. The lowest BCUT2D eigenvalue weighted by molar-refractivity contribution is -0.134. The average Bonchev–Trinajstić information content (AvgIpc) is 2.48. The van der Waals surface area contributed by atoms with Crippen LogP contribution in [0.5, 0.6) is 0 Å². The fraction of sp³-hybridized carbons (Fsp3) is 0.111. The van der Waals surface area contributed by atoms with E-state index in [1.54, 1.807) is 18.2 Å². The number of anilines is 1. The molecule has 0 spiro atoms. The summed E-state index contributed by atoms with van der Waals surface area (Å²) in [6.45, 7) is 0. The minimum absolute atomic E-state index is 0.384. The first-order valence-corrected chi connectivity index (χ1v) is 4.65. The van der Waals surface area contributed by atoms with Crippen molar-refractivity contribution >= 4 is 27.1 Å². The third-order valence-corrected chi connectivity index (χ3v) is 3.02. The molecule has 1 aromatic carbocycles. The summed E-state index contributed by atoms with van der Waals surface area (Å²) in [4.78, 5) is -0.606. The predicted molar refractivity (Wildman–Crippen MR) is 51.2 cm³/mol. The van der Waals surface area contributed by atoms with E-state index < -0.39 is 11.1 Å². The van der Waals surface area contributed by atoms with Crippen molar-refractivity contribution in [1.82, 2.24) is 0 Å². The Labute approximate surface area is 82.0 Å². The number of halogens is 3. The summed E-state index contributed by atoms with van der Waals surface area (Å²) in [6, 6.07) is 5.96. The summed E-state index contributed by atoms with van der Waals surface area (Å²) in [5.74, 6) is 0. The first-order valence-electron chi connectivity index (χ1n) is 3.84. The standard InChI is InChI=1S/C9H6F3NS/c10-9(11,12)8-4-5-6(13)2-1-3-7(5)14-8/h1-4H,13H2. The van der Waals surface area contributed by atoms with E-state index in [1.165, 1.54) is 0 Å². The van der Waals surface area contributed by atoms with Crippen LogP contribution in [0, 0.1) is 0 Å². The van der Waals surface area contributed by atoms with Crippen LogP contribution in [-0.4, -0.2) is 0 Å². The van der Waals surface area contributed by atoms with Crippen LogP contribution in [0.3, 0.4) is 0 Å². The highest BCUT2D eigenvalue weighted by atomic mass is 32.1. The van der Waals surface area contributed by atoms with Crippen molar-refractivity contribution < 1.29 is 13.2 Å². The molecule has 2 aromatic rings. The Balaban J connectivity index is 2.69. The van der Waals surface area contributed by atoms with Gasteiger partial charge in [-0.15, -0.1) is 11.3 Å². The van der Waals surface area contributed by atoms with E-state index >= 15 is 0 Å². The number of thiophene rings is 1. The van der Waals surface area contributed by atoms with Crippen LogP contribution < -0.4 is 5.73 Å². The van der Waals surface area contributed by atoms with Gasteiger partial charge in [0.25, 0.3) is 0 Å². The summed E-state index contributed by atoms with van der Waals surface area (Å²) in [6.07, 6.45) is -4.28. The molecule has 0 aliphatic heterocycles. The average molecular weight is 217 g/mol. The van der Waals surface area contributed by atoms with Crippen LogP contribution >= 0.6 is 11.3 Å². The monoisotopic (exact) mass is 217 g/mol. The highest BCUT2D eigenvalue weighted by Gasteiger charge is 2.32. The highest BCUT2D eigenvalue weighted by molar-refractivity contribution is 7.19. The van der Waals surface area contributed by atoms with Crippen molar-refractivity contribution in [1.29, 1.82) is 0 Å². The van der Waals surface area contributed by atoms with Gasteiger partial charge in [0.1, 0.15) is 4.88 Å². The molecule has 2 N–H and O–H groups in total. The SMILES string of the molecule is Nc1cccc2sc(C(F)(F)F)cc12. The number of fused-ring (bicyclic) bond motifs is 1. The van der Waals surface area contributed by atoms with Crippen LogP contribution in [0.4, 0.5) is 18.9 Å². The summed E-state index contributed by atoms with van der Waals surface area (Å²) >= 11 is 0.713. The lowest BCUT2D eigenvalue weighted by Crippen LogP contribution is -2.00. The van der Waals surface area contributed by atoms with Gasteiger partial charge in [-0.25, -0.2) is 0 Å². The Morgan fingerprint density at radius 3 is 2.50 bits per heavy atom. The molecule has 0 bridgehead atoms. The maximum atomic E-state index is 12.3. The summed E-state index contributed by atoms with van der Waals surface area (Å²) in [7, 11) is 0. The molecule has 0 amide bonds. The van der Waals surface area contributed by atoms with Crippen LogP contribution in [-0.2, 0) is 6.18 Å². The molecular formula is C9H6F3NS. The highest BCUT2D eigenvalue weighted by Crippen LogP contribution is 2.39. The van der Waals surface area contributed by atoms with Crippen LogP contribution in [0.15, 0.2) is 24.3 Å². The van der Waals surface area contributed by atoms with Gasteiger partial charge in [-0.3, -0.25) is 0 Å². The second kappa shape index (κ2) is 2.88. The maximum Gasteiger partial charge on any atom is 0.425 e. The van der Waals surface area contributed by atoms with Gasteiger partial charge in [0.05, 0.1) is 0 Å². The van der Waals surface area contributed by atoms with E-state index in [1.807, 2.05) is 0 Å². The molecule has 0 radical (unpaired) electrons.